The van der Waals surface area contributed by atoms with E-state index in [0.717, 1.165) is 5.56 Å². The van der Waals surface area contributed by atoms with Crippen molar-refractivity contribution in [3.8, 4) is 17.0 Å². The summed E-state index contributed by atoms with van der Waals surface area (Å²) in [7, 11) is 1.55. The van der Waals surface area contributed by atoms with Crippen molar-refractivity contribution in [2.24, 2.45) is 0 Å². The quantitative estimate of drug-likeness (QED) is 0.420. The number of benzene rings is 2. The van der Waals surface area contributed by atoms with Crippen molar-refractivity contribution in [1.82, 2.24) is 15.8 Å². The highest BCUT2D eigenvalue weighted by Crippen LogP contribution is 2.29. The SMILES string of the molecule is COc1ccc(-c2noc(NC=O)c2C(=O)NCCC(=O)NC(C)c2ccccc2)cc1. The number of hydrogen-bond acceptors (Lipinski definition) is 6. The molecule has 0 fully saturated rings. The molecular formula is C23H24N4O5. The Morgan fingerprint density at radius 3 is 2.50 bits per heavy atom. The van der Waals surface area contributed by atoms with Crippen LogP contribution < -0.4 is 20.7 Å². The number of carbonyl (C=O) groups excluding carboxylic acids is 3. The molecule has 166 valence electrons. The molecule has 3 N–H and O–H groups in total. The van der Waals surface area contributed by atoms with Gasteiger partial charge >= 0.3 is 0 Å². The molecule has 0 aliphatic carbocycles. The van der Waals surface area contributed by atoms with Gasteiger partial charge in [0.15, 0.2) is 0 Å². The monoisotopic (exact) mass is 436 g/mol. The minimum atomic E-state index is -0.523. The second-order valence-corrected chi connectivity index (χ2v) is 6.93. The molecule has 1 aromatic heterocycles. The van der Waals surface area contributed by atoms with E-state index in [2.05, 4.69) is 21.1 Å². The molecule has 3 rings (SSSR count). The van der Waals surface area contributed by atoms with Crippen LogP contribution in [0.1, 0.15) is 35.3 Å². The first-order chi connectivity index (χ1) is 15.5. The Balaban J connectivity index is 1.64. The van der Waals surface area contributed by atoms with Gasteiger partial charge in [-0.2, -0.15) is 0 Å². The minimum Gasteiger partial charge on any atom is -0.497 e. The molecule has 9 heteroatoms. The van der Waals surface area contributed by atoms with Gasteiger partial charge in [0.1, 0.15) is 17.0 Å². The fourth-order valence-electron chi connectivity index (χ4n) is 3.12. The van der Waals surface area contributed by atoms with Crippen LogP contribution in [0.3, 0.4) is 0 Å². The molecule has 0 saturated heterocycles. The third-order valence-corrected chi connectivity index (χ3v) is 4.79. The third kappa shape index (κ3) is 5.51. The molecule has 0 spiro atoms. The number of ether oxygens (including phenoxy) is 1. The van der Waals surface area contributed by atoms with Crippen LogP contribution >= 0.6 is 0 Å². The Labute approximate surface area is 185 Å². The summed E-state index contributed by atoms with van der Waals surface area (Å²) in [4.78, 5) is 36.0. The van der Waals surface area contributed by atoms with Gasteiger partial charge in [-0.1, -0.05) is 35.5 Å². The zero-order valence-corrected chi connectivity index (χ0v) is 17.8. The molecule has 0 aliphatic heterocycles. The van der Waals surface area contributed by atoms with Crippen LogP contribution in [-0.2, 0) is 9.59 Å². The molecule has 1 unspecified atom stereocenters. The Bertz CT molecular complexity index is 1060. The van der Waals surface area contributed by atoms with Crippen LogP contribution in [-0.4, -0.2) is 37.0 Å². The maximum atomic E-state index is 12.8. The van der Waals surface area contributed by atoms with Gasteiger partial charge in [-0.3, -0.25) is 19.7 Å². The molecule has 0 aliphatic rings. The van der Waals surface area contributed by atoms with Gasteiger partial charge in [0, 0.05) is 18.5 Å². The van der Waals surface area contributed by atoms with E-state index in [1.807, 2.05) is 37.3 Å². The average molecular weight is 436 g/mol. The summed E-state index contributed by atoms with van der Waals surface area (Å²) < 4.78 is 10.3. The van der Waals surface area contributed by atoms with Crippen molar-refractivity contribution < 1.29 is 23.6 Å². The number of nitrogens with one attached hydrogen (secondary N) is 3. The second kappa shape index (κ2) is 10.8. The summed E-state index contributed by atoms with van der Waals surface area (Å²) in [5.74, 6) is -0.158. The average Bonchev–Trinajstić information content (AvgIpc) is 3.23. The minimum absolute atomic E-state index is 0.0697. The lowest BCUT2D eigenvalue weighted by Gasteiger charge is -2.14. The van der Waals surface area contributed by atoms with E-state index >= 15 is 0 Å². The summed E-state index contributed by atoms with van der Waals surface area (Å²) in [6, 6.07) is 16.3. The molecule has 1 atom stereocenters. The van der Waals surface area contributed by atoms with Crippen LogP contribution in [0.4, 0.5) is 5.88 Å². The Kier molecular flexibility index (Phi) is 7.58. The number of aromatic nitrogens is 1. The van der Waals surface area contributed by atoms with Crippen molar-refractivity contribution in [3.05, 3.63) is 65.7 Å². The number of amides is 3. The molecule has 0 radical (unpaired) electrons. The summed E-state index contributed by atoms with van der Waals surface area (Å²) >= 11 is 0. The molecule has 1 heterocycles. The molecule has 2 aromatic carbocycles. The molecule has 0 saturated carbocycles. The zero-order valence-electron chi connectivity index (χ0n) is 17.8. The molecule has 3 aromatic rings. The van der Waals surface area contributed by atoms with Gasteiger partial charge in [-0.05, 0) is 36.8 Å². The standard InChI is InChI=1S/C23H24N4O5/c1-15(16-6-4-3-5-7-16)26-19(29)12-13-24-22(30)20-21(27-32-23(20)25-14-28)17-8-10-18(31-2)11-9-17/h3-11,14-15H,12-13H2,1-2H3,(H,24,30)(H,25,28)(H,26,29). The van der Waals surface area contributed by atoms with E-state index in [-0.39, 0.29) is 42.1 Å². The lowest BCUT2D eigenvalue weighted by atomic mass is 10.1. The van der Waals surface area contributed by atoms with Crippen LogP contribution in [0.25, 0.3) is 11.3 Å². The van der Waals surface area contributed by atoms with Gasteiger partial charge < -0.3 is 19.9 Å². The highest BCUT2D eigenvalue weighted by molar-refractivity contribution is 6.05. The highest BCUT2D eigenvalue weighted by atomic mass is 16.5. The van der Waals surface area contributed by atoms with Gasteiger partial charge in [-0.15, -0.1) is 0 Å². The van der Waals surface area contributed by atoms with E-state index in [0.29, 0.717) is 17.7 Å². The maximum Gasteiger partial charge on any atom is 0.259 e. The number of methoxy groups -OCH3 is 1. The van der Waals surface area contributed by atoms with E-state index < -0.39 is 5.91 Å². The van der Waals surface area contributed by atoms with Gasteiger partial charge in [0.2, 0.25) is 18.2 Å². The van der Waals surface area contributed by atoms with Gasteiger partial charge in [0.05, 0.1) is 13.2 Å². The fraction of sp³-hybridized carbons (Fsp3) is 0.217. The Morgan fingerprint density at radius 1 is 1.12 bits per heavy atom. The molecule has 32 heavy (non-hydrogen) atoms. The molecular weight excluding hydrogens is 412 g/mol. The summed E-state index contributed by atoms with van der Waals surface area (Å²) in [5.41, 5.74) is 1.92. The van der Waals surface area contributed by atoms with E-state index in [9.17, 15) is 14.4 Å². The summed E-state index contributed by atoms with van der Waals surface area (Å²) in [6.45, 7) is 1.99. The van der Waals surface area contributed by atoms with E-state index in [4.69, 9.17) is 9.26 Å². The van der Waals surface area contributed by atoms with Crippen LogP contribution in [0.15, 0.2) is 59.1 Å². The Morgan fingerprint density at radius 2 is 1.84 bits per heavy atom. The second-order valence-electron chi connectivity index (χ2n) is 6.93. The van der Waals surface area contributed by atoms with Crippen molar-refractivity contribution >= 4 is 24.1 Å². The van der Waals surface area contributed by atoms with Crippen LogP contribution in [0, 0.1) is 0 Å². The first kappa shape index (κ1) is 22.5. The largest absolute Gasteiger partial charge is 0.497 e. The first-order valence-electron chi connectivity index (χ1n) is 10.00. The van der Waals surface area contributed by atoms with E-state index in [1.165, 1.54) is 0 Å². The predicted octanol–water partition coefficient (Wildman–Crippen LogP) is 2.92. The number of anilines is 1. The Hall–Kier alpha value is -4.14. The van der Waals surface area contributed by atoms with Crippen molar-refractivity contribution in [1.29, 1.82) is 0 Å². The highest BCUT2D eigenvalue weighted by Gasteiger charge is 2.24. The van der Waals surface area contributed by atoms with Crippen LogP contribution in [0.5, 0.6) is 5.75 Å². The van der Waals surface area contributed by atoms with Crippen molar-refractivity contribution in [2.45, 2.75) is 19.4 Å². The first-order valence-corrected chi connectivity index (χ1v) is 10.00. The predicted molar refractivity (Wildman–Crippen MR) is 118 cm³/mol. The summed E-state index contributed by atoms with van der Waals surface area (Å²) in [5, 5.41) is 11.8. The lowest BCUT2D eigenvalue weighted by Crippen LogP contribution is -2.32. The fourth-order valence-corrected chi connectivity index (χ4v) is 3.12. The lowest BCUT2D eigenvalue weighted by molar-refractivity contribution is -0.121. The third-order valence-electron chi connectivity index (χ3n) is 4.79. The summed E-state index contributed by atoms with van der Waals surface area (Å²) in [6.07, 6.45) is 0.482. The van der Waals surface area contributed by atoms with E-state index in [1.54, 1.807) is 31.4 Å². The van der Waals surface area contributed by atoms with Crippen LogP contribution in [0.2, 0.25) is 0 Å². The zero-order chi connectivity index (χ0) is 22.9. The number of rotatable bonds is 10. The van der Waals surface area contributed by atoms with Gasteiger partial charge in [0.25, 0.3) is 5.91 Å². The molecule has 0 bridgehead atoms. The van der Waals surface area contributed by atoms with Gasteiger partial charge in [-0.25, -0.2) is 0 Å². The smallest absolute Gasteiger partial charge is 0.259 e. The number of carbonyl (C=O) groups is 3. The number of hydrogen-bond donors (Lipinski definition) is 3. The topological polar surface area (TPSA) is 123 Å². The molecule has 3 amide bonds. The number of nitrogens with zero attached hydrogens (tertiary/aromatic N) is 1. The van der Waals surface area contributed by atoms with Crippen molar-refractivity contribution in [2.75, 3.05) is 19.0 Å². The van der Waals surface area contributed by atoms with Crippen molar-refractivity contribution in [3.63, 3.8) is 0 Å². The molecule has 9 nitrogen and oxygen atoms in total. The maximum absolute atomic E-state index is 12.8. The normalized spacial score (nSPS) is 11.3.